The maximum Gasteiger partial charge on any atom is 0.328 e. The standard InChI is InChI=1S/C22H25NO6/c1-4-28-21(25)19(22(26)29-5-2)20(24)17(18-11-6-7-12-23-18)14-15-9-8-10-16(13-15)27-3/h6-13,17,19H,4-5,14H2,1-3H3. The van der Waals surface area contributed by atoms with Crippen LogP contribution in [0.5, 0.6) is 5.75 Å². The average molecular weight is 399 g/mol. The summed E-state index contributed by atoms with van der Waals surface area (Å²) >= 11 is 0. The summed E-state index contributed by atoms with van der Waals surface area (Å²) in [5.41, 5.74) is 1.26. The van der Waals surface area contributed by atoms with Gasteiger partial charge in [0.15, 0.2) is 5.78 Å². The highest BCUT2D eigenvalue weighted by molar-refractivity contribution is 6.16. The maximum absolute atomic E-state index is 13.4. The molecule has 2 rings (SSSR count). The summed E-state index contributed by atoms with van der Waals surface area (Å²) in [6.07, 6.45) is 1.80. The average Bonchev–Trinajstić information content (AvgIpc) is 2.73. The van der Waals surface area contributed by atoms with Crippen molar-refractivity contribution in [2.75, 3.05) is 20.3 Å². The summed E-state index contributed by atoms with van der Waals surface area (Å²) in [5.74, 6) is -4.29. The Balaban J connectivity index is 2.43. The van der Waals surface area contributed by atoms with Crippen molar-refractivity contribution in [1.82, 2.24) is 4.98 Å². The van der Waals surface area contributed by atoms with E-state index in [1.807, 2.05) is 12.1 Å². The number of aromatic nitrogens is 1. The summed E-state index contributed by atoms with van der Waals surface area (Å²) in [6, 6.07) is 12.4. The van der Waals surface area contributed by atoms with Gasteiger partial charge < -0.3 is 14.2 Å². The van der Waals surface area contributed by atoms with Crippen LogP contribution in [0.25, 0.3) is 0 Å². The molecule has 0 saturated heterocycles. The predicted molar refractivity (Wildman–Crippen MR) is 105 cm³/mol. The lowest BCUT2D eigenvalue weighted by atomic mass is 9.85. The fourth-order valence-electron chi connectivity index (χ4n) is 2.95. The number of ketones is 1. The number of methoxy groups -OCH3 is 1. The van der Waals surface area contributed by atoms with Gasteiger partial charge in [-0.3, -0.25) is 19.4 Å². The molecule has 0 amide bonds. The molecule has 0 aliphatic rings. The number of Topliss-reactive ketones (excluding diaryl/α,β-unsaturated/α-hetero) is 1. The zero-order valence-electron chi connectivity index (χ0n) is 16.8. The van der Waals surface area contributed by atoms with Gasteiger partial charge in [-0.05, 0) is 50.1 Å². The lowest BCUT2D eigenvalue weighted by Crippen LogP contribution is -2.38. The number of nitrogens with zero attached hydrogens (tertiary/aromatic N) is 1. The highest BCUT2D eigenvalue weighted by Crippen LogP contribution is 2.26. The zero-order chi connectivity index (χ0) is 21.2. The van der Waals surface area contributed by atoms with Crippen LogP contribution < -0.4 is 4.74 Å². The molecule has 1 unspecified atom stereocenters. The number of carbonyl (C=O) groups excluding carboxylic acids is 3. The number of hydrogen-bond acceptors (Lipinski definition) is 7. The smallest absolute Gasteiger partial charge is 0.328 e. The van der Waals surface area contributed by atoms with Crippen LogP contribution in [0.3, 0.4) is 0 Å². The Labute approximate surface area is 170 Å². The second-order valence-corrected chi connectivity index (χ2v) is 6.20. The molecule has 1 heterocycles. The third-order valence-electron chi connectivity index (χ3n) is 4.29. The minimum atomic E-state index is -1.66. The van der Waals surface area contributed by atoms with Gasteiger partial charge in [0.1, 0.15) is 5.75 Å². The van der Waals surface area contributed by atoms with Crippen molar-refractivity contribution in [2.45, 2.75) is 26.2 Å². The number of esters is 2. The molecule has 0 aliphatic carbocycles. The van der Waals surface area contributed by atoms with E-state index >= 15 is 0 Å². The first-order valence-corrected chi connectivity index (χ1v) is 9.42. The number of rotatable bonds is 10. The van der Waals surface area contributed by atoms with Crippen LogP contribution in [-0.2, 0) is 30.3 Å². The molecular weight excluding hydrogens is 374 g/mol. The highest BCUT2D eigenvalue weighted by Gasteiger charge is 2.41. The fourth-order valence-corrected chi connectivity index (χ4v) is 2.95. The molecule has 1 aromatic heterocycles. The maximum atomic E-state index is 13.4. The van der Waals surface area contributed by atoms with E-state index in [4.69, 9.17) is 14.2 Å². The Morgan fingerprint density at radius 3 is 2.21 bits per heavy atom. The van der Waals surface area contributed by atoms with Crippen molar-refractivity contribution < 1.29 is 28.6 Å². The SMILES string of the molecule is CCOC(=O)C(C(=O)OCC)C(=O)C(Cc1cccc(OC)c1)c1ccccn1. The summed E-state index contributed by atoms with van der Waals surface area (Å²) in [6.45, 7) is 3.31. The predicted octanol–water partition coefficient (Wildman–Crippen LogP) is 2.73. The zero-order valence-corrected chi connectivity index (χ0v) is 16.8. The third-order valence-corrected chi connectivity index (χ3v) is 4.29. The number of benzene rings is 1. The molecule has 29 heavy (non-hydrogen) atoms. The molecule has 0 spiro atoms. The van der Waals surface area contributed by atoms with Crippen molar-refractivity contribution in [1.29, 1.82) is 0 Å². The fraction of sp³-hybridized carbons (Fsp3) is 0.364. The molecule has 2 aromatic rings. The number of pyridine rings is 1. The van der Waals surface area contributed by atoms with Crippen LogP contribution in [0, 0.1) is 5.92 Å². The van der Waals surface area contributed by atoms with Gasteiger partial charge >= 0.3 is 11.9 Å². The van der Waals surface area contributed by atoms with E-state index in [1.165, 1.54) is 0 Å². The first-order chi connectivity index (χ1) is 14.0. The number of ether oxygens (including phenoxy) is 3. The van der Waals surface area contributed by atoms with E-state index in [0.717, 1.165) is 5.56 Å². The summed E-state index contributed by atoms with van der Waals surface area (Å²) < 4.78 is 15.2. The van der Waals surface area contributed by atoms with Gasteiger partial charge in [0.2, 0.25) is 5.92 Å². The van der Waals surface area contributed by atoms with Crippen LogP contribution in [0.4, 0.5) is 0 Å². The van der Waals surface area contributed by atoms with Gasteiger partial charge in [-0.1, -0.05) is 18.2 Å². The Morgan fingerprint density at radius 2 is 1.66 bits per heavy atom. The van der Waals surface area contributed by atoms with E-state index in [1.54, 1.807) is 57.5 Å². The first kappa shape index (κ1) is 22.1. The molecule has 0 fully saturated rings. The highest BCUT2D eigenvalue weighted by atomic mass is 16.6. The quantitative estimate of drug-likeness (QED) is 0.448. The molecule has 0 aliphatic heterocycles. The molecule has 7 nitrogen and oxygen atoms in total. The van der Waals surface area contributed by atoms with Gasteiger partial charge in [-0.25, -0.2) is 0 Å². The minimum absolute atomic E-state index is 0.0478. The van der Waals surface area contributed by atoms with E-state index in [2.05, 4.69) is 4.98 Å². The molecular formula is C22H25NO6. The van der Waals surface area contributed by atoms with E-state index in [0.29, 0.717) is 11.4 Å². The summed E-state index contributed by atoms with van der Waals surface area (Å²) in [7, 11) is 1.55. The third kappa shape index (κ3) is 5.88. The van der Waals surface area contributed by atoms with Gasteiger partial charge in [0.25, 0.3) is 0 Å². The normalized spacial score (nSPS) is 11.6. The van der Waals surface area contributed by atoms with Crippen molar-refractivity contribution >= 4 is 17.7 Å². The first-order valence-electron chi connectivity index (χ1n) is 9.42. The second-order valence-electron chi connectivity index (χ2n) is 6.20. The van der Waals surface area contributed by atoms with Crippen LogP contribution in [0.1, 0.15) is 31.0 Å². The monoisotopic (exact) mass is 399 g/mol. The molecule has 0 radical (unpaired) electrons. The molecule has 0 N–H and O–H groups in total. The van der Waals surface area contributed by atoms with E-state index < -0.39 is 29.6 Å². The molecule has 0 bridgehead atoms. The Kier molecular flexibility index (Phi) is 8.33. The molecule has 154 valence electrons. The Bertz CT molecular complexity index is 818. The van der Waals surface area contributed by atoms with Crippen molar-refractivity contribution in [3.63, 3.8) is 0 Å². The molecule has 1 atom stereocenters. The van der Waals surface area contributed by atoms with E-state index in [-0.39, 0.29) is 19.6 Å². The lowest BCUT2D eigenvalue weighted by molar-refractivity contribution is -0.164. The minimum Gasteiger partial charge on any atom is -0.497 e. The van der Waals surface area contributed by atoms with Crippen LogP contribution in [-0.4, -0.2) is 43.0 Å². The molecule has 0 saturated carbocycles. The van der Waals surface area contributed by atoms with Crippen LogP contribution in [0.2, 0.25) is 0 Å². The summed E-state index contributed by atoms with van der Waals surface area (Å²) in [5, 5.41) is 0. The van der Waals surface area contributed by atoms with Gasteiger partial charge in [-0.15, -0.1) is 0 Å². The van der Waals surface area contributed by atoms with Crippen molar-refractivity contribution in [3.05, 3.63) is 59.9 Å². The van der Waals surface area contributed by atoms with Crippen molar-refractivity contribution in [3.8, 4) is 5.75 Å². The molecule has 1 aromatic carbocycles. The van der Waals surface area contributed by atoms with Crippen LogP contribution >= 0.6 is 0 Å². The topological polar surface area (TPSA) is 91.8 Å². The molecule has 7 heteroatoms. The summed E-state index contributed by atoms with van der Waals surface area (Å²) in [4.78, 5) is 42.4. The van der Waals surface area contributed by atoms with Crippen molar-refractivity contribution in [2.24, 2.45) is 5.92 Å². The Morgan fingerprint density at radius 1 is 0.966 bits per heavy atom. The van der Waals surface area contributed by atoms with Crippen LogP contribution in [0.15, 0.2) is 48.7 Å². The second kappa shape index (κ2) is 10.9. The Hall–Kier alpha value is -3.22. The largest absolute Gasteiger partial charge is 0.497 e. The lowest BCUT2D eigenvalue weighted by Gasteiger charge is -2.20. The van der Waals surface area contributed by atoms with Gasteiger partial charge in [0.05, 0.1) is 31.9 Å². The number of hydrogen-bond donors (Lipinski definition) is 0. The van der Waals surface area contributed by atoms with Gasteiger partial charge in [0, 0.05) is 6.20 Å². The van der Waals surface area contributed by atoms with E-state index in [9.17, 15) is 14.4 Å². The van der Waals surface area contributed by atoms with Gasteiger partial charge in [-0.2, -0.15) is 0 Å². The number of carbonyl (C=O) groups is 3.